The van der Waals surface area contributed by atoms with Crippen molar-refractivity contribution in [1.29, 1.82) is 0 Å². The lowest BCUT2D eigenvalue weighted by atomic mass is 9.97. The molecular formula is C23H22N4O2S. The minimum absolute atomic E-state index is 0.0396. The fourth-order valence-electron chi connectivity index (χ4n) is 3.97. The molecule has 1 aliphatic heterocycles. The molecule has 4 aromatic rings. The topological polar surface area (TPSA) is 63.6 Å². The number of aromatic nitrogens is 3. The lowest BCUT2D eigenvalue weighted by molar-refractivity contribution is 0.0671. The Morgan fingerprint density at radius 1 is 1.10 bits per heavy atom. The first-order chi connectivity index (χ1) is 14.8. The van der Waals surface area contributed by atoms with Gasteiger partial charge in [0, 0.05) is 41.4 Å². The Bertz CT molecular complexity index is 1150. The van der Waals surface area contributed by atoms with Gasteiger partial charge in [0.25, 0.3) is 5.91 Å². The van der Waals surface area contributed by atoms with Gasteiger partial charge in [0.05, 0.1) is 6.26 Å². The molecule has 1 unspecified atom stereocenters. The molecule has 6 nitrogen and oxygen atoms in total. The average molecular weight is 419 g/mol. The van der Waals surface area contributed by atoms with E-state index in [4.69, 9.17) is 4.42 Å². The third kappa shape index (κ3) is 3.73. The van der Waals surface area contributed by atoms with Crippen molar-refractivity contribution in [3.05, 3.63) is 84.2 Å². The van der Waals surface area contributed by atoms with Crippen LogP contribution in [0, 0.1) is 0 Å². The van der Waals surface area contributed by atoms with Crippen LogP contribution in [0.4, 0.5) is 0 Å². The van der Waals surface area contributed by atoms with Gasteiger partial charge in [-0.2, -0.15) is 0 Å². The van der Waals surface area contributed by atoms with Gasteiger partial charge >= 0.3 is 0 Å². The Balaban J connectivity index is 1.31. The summed E-state index contributed by atoms with van der Waals surface area (Å²) in [6.07, 6.45) is 5.53. The molecule has 3 aromatic heterocycles. The summed E-state index contributed by atoms with van der Waals surface area (Å²) >= 11 is 1.70. The third-order valence-corrected chi connectivity index (χ3v) is 6.55. The number of fused-ring (bicyclic) bond motifs is 1. The van der Waals surface area contributed by atoms with Crippen LogP contribution in [0.5, 0.6) is 0 Å². The van der Waals surface area contributed by atoms with E-state index in [1.165, 1.54) is 4.90 Å². The molecule has 1 saturated heterocycles. The Kier molecular flexibility index (Phi) is 5.27. The molecule has 4 heterocycles. The van der Waals surface area contributed by atoms with Gasteiger partial charge in [-0.1, -0.05) is 24.3 Å². The van der Waals surface area contributed by atoms with Crippen molar-refractivity contribution >= 4 is 23.3 Å². The molecule has 1 amide bonds. The van der Waals surface area contributed by atoms with E-state index >= 15 is 0 Å². The summed E-state index contributed by atoms with van der Waals surface area (Å²) < 4.78 is 7.65. The van der Waals surface area contributed by atoms with Crippen LogP contribution < -0.4 is 0 Å². The number of pyridine rings is 1. The molecule has 1 aromatic carbocycles. The lowest BCUT2D eigenvalue weighted by Crippen LogP contribution is -2.39. The average Bonchev–Trinajstić information content (AvgIpc) is 3.45. The number of nitrogens with zero attached hydrogens (tertiary/aromatic N) is 4. The number of rotatable bonds is 5. The molecule has 5 rings (SSSR count). The van der Waals surface area contributed by atoms with Gasteiger partial charge in [0.15, 0.2) is 11.4 Å². The molecule has 0 N–H and O–H groups in total. The van der Waals surface area contributed by atoms with Gasteiger partial charge in [-0.25, -0.2) is 0 Å². The highest BCUT2D eigenvalue weighted by molar-refractivity contribution is 7.98. The molecule has 0 saturated carbocycles. The first kappa shape index (κ1) is 18.9. The molecule has 1 fully saturated rings. The number of hydrogen-bond donors (Lipinski definition) is 0. The van der Waals surface area contributed by atoms with Crippen molar-refractivity contribution in [3.63, 3.8) is 0 Å². The zero-order valence-corrected chi connectivity index (χ0v) is 17.3. The van der Waals surface area contributed by atoms with E-state index in [2.05, 4.69) is 22.3 Å². The smallest absolute Gasteiger partial charge is 0.289 e. The van der Waals surface area contributed by atoms with Crippen LogP contribution in [-0.4, -0.2) is 38.5 Å². The Morgan fingerprint density at radius 2 is 1.97 bits per heavy atom. The van der Waals surface area contributed by atoms with Crippen LogP contribution in [0.1, 0.15) is 40.7 Å². The standard InChI is InChI=1S/C23H22N4O2S/c28-23(21-18(11-14-29-21)16-30-19-8-2-1-3-9-19)26-12-6-7-17(15-26)22-25-24-20-10-4-5-13-27(20)22/h1-5,8-11,13-14,17H,6-7,12,15-16H2. The Hall–Kier alpha value is -3.06. The van der Waals surface area contributed by atoms with Gasteiger partial charge in [-0.15, -0.1) is 22.0 Å². The Labute approximate surface area is 178 Å². The number of likely N-dealkylation sites (tertiary alicyclic amines) is 1. The molecular weight excluding hydrogens is 396 g/mol. The number of hydrogen-bond acceptors (Lipinski definition) is 5. The van der Waals surface area contributed by atoms with E-state index in [0.29, 0.717) is 18.1 Å². The molecule has 1 aliphatic rings. The molecule has 0 bridgehead atoms. The third-order valence-electron chi connectivity index (χ3n) is 5.49. The van der Waals surface area contributed by atoms with E-state index < -0.39 is 0 Å². The van der Waals surface area contributed by atoms with Crippen LogP contribution in [0.15, 0.2) is 76.4 Å². The van der Waals surface area contributed by atoms with E-state index in [9.17, 15) is 4.79 Å². The van der Waals surface area contributed by atoms with E-state index in [1.54, 1.807) is 18.0 Å². The van der Waals surface area contributed by atoms with E-state index in [0.717, 1.165) is 36.4 Å². The lowest BCUT2D eigenvalue weighted by Gasteiger charge is -2.31. The number of benzene rings is 1. The highest BCUT2D eigenvalue weighted by Crippen LogP contribution is 2.29. The van der Waals surface area contributed by atoms with Crippen LogP contribution in [0.2, 0.25) is 0 Å². The predicted octanol–water partition coefficient (Wildman–Crippen LogP) is 4.63. The van der Waals surface area contributed by atoms with Crippen molar-refractivity contribution in [1.82, 2.24) is 19.5 Å². The monoisotopic (exact) mass is 418 g/mol. The Morgan fingerprint density at radius 3 is 2.87 bits per heavy atom. The van der Waals surface area contributed by atoms with Crippen LogP contribution in [0.3, 0.4) is 0 Å². The van der Waals surface area contributed by atoms with Gasteiger partial charge in [-0.3, -0.25) is 9.20 Å². The summed E-state index contributed by atoms with van der Waals surface area (Å²) in [7, 11) is 0. The number of piperidine rings is 1. The second-order valence-electron chi connectivity index (χ2n) is 7.45. The van der Waals surface area contributed by atoms with Gasteiger partial charge in [-0.05, 0) is 43.2 Å². The molecule has 1 atom stereocenters. The van der Waals surface area contributed by atoms with Crippen LogP contribution in [0.25, 0.3) is 5.65 Å². The molecule has 0 aliphatic carbocycles. The van der Waals surface area contributed by atoms with Gasteiger partial charge in [0.1, 0.15) is 5.82 Å². The largest absolute Gasteiger partial charge is 0.459 e. The number of carbonyl (C=O) groups is 1. The van der Waals surface area contributed by atoms with Crippen LogP contribution in [-0.2, 0) is 5.75 Å². The minimum atomic E-state index is -0.0396. The molecule has 0 spiro atoms. The zero-order valence-electron chi connectivity index (χ0n) is 16.5. The summed E-state index contributed by atoms with van der Waals surface area (Å²) in [5.74, 6) is 2.19. The van der Waals surface area contributed by atoms with Crippen molar-refractivity contribution in [2.45, 2.75) is 29.4 Å². The number of carbonyl (C=O) groups excluding carboxylic acids is 1. The highest BCUT2D eigenvalue weighted by atomic mass is 32.2. The number of thioether (sulfide) groups is 1. The fraction of sp³-hybridized carbons (Fsp3) is 0.261. The first-order valence-electron chi connectivity index (χ1n) is 10.1. The number of amides is 1. The molecule has 7 heteroatoms. The summed E-state index contributed by atoms with van der Waals surface area (Å²) in [5.41, 5.74) is 1.77. The van der Waals surface area contributed by atoms with E-state index in [1.807, 2.05) is 58.0 Å². The van der Waals surface area contributed by atoms with Gasteiger partial charge in [0.2, 0.25) is 0 Å². The van der Waals surface area contributed by atoms with Gasteiger partial charge < -0.3 is 9.32 Å². The SMILES string of the molecule is O=C(c1occc1CSc1ccccc1)N1CCCC(c2nnc3ccccn23)C1. The zero-order chi connectivity index (χ0) is 20.3. The second kappa shape index (κ2) is 8.36. The van der Waals surface area contributed by atoms with Crippen molar-refractivity contribution in [2.75, 3.05) is 13.1 Å². The molecule has 152 valence electrons. The van der Waals surface area contributed by atoms with Crippen molar-refractivity contribution in [3.8, 4) is 0 Å². The summed E-state index contributed by atoms with van der Waals surface area (Å²) in [6.45, 7) is 1.36. The summed E-state index contributed by atoms with van der Waals surface area (Å²) in [4.78, 5) is 16.3. The quantitative estimate of drug-likeness (QED) is 0.442. The predicted molar refractivity (Wildman–Crippen MR) is 116 cm³/mol. The minimum Gasteiger partial charge on any atom is -0.459 e. The first-order valence-corrected chi connectivity index (χ1v) is 11.1. The number of furan rings is 1. The van der Waals surface area contributed by atoms with Crippen LogP contribution >= 0.6 is 11.8 Å². The van der Waals surface area contributed by atoms with Crippen molar-refractivity contribution in [2.24, 2.45) is 0 Å². The fourth-order valence-corrected chi connectivity index (χ4v) is 4.87. The summed E-state index contributed by atoms with van der Waals surface area (Å²) in [6, 6.07) is 18.0. The molecule has 30 heavy (non-hydrogen) atoms. The maximum atomic E-state index is 13.3. The van der Waals surface area contributed by atoms with Crippen molar-refractivity contribution < 1.29 is 9.21 Å². The van der Waals surface area contributed by atoms with E-state index in [-0.39, 0.29) is 11.8 Å². The molecule has 0 radical (unpaired) electrons. The second-order valence-corrected chi connectivity index (χ2v) is 8.50. The highest BCUT2D eigenvalue weighted by Gasteiger charge is 2.30. The summed E-state index contributed by atoms with van der Waals surface area (Å²) in [5, 5.41) is 8.67. The maximum Gasteiger partial charge on any atom is 0.289 e. The maximum absolute atomic E-state index is 13.3. The normalized spacial score (nSPS) is 16.8.